The fourth-order valence-electron chi connectivity index (χ4n) is 1.69. The van der Waals surface area contributed by atoms with Gasteiger partial charge in [-0.3, -0.25) is 4.79 Å². The monoisotopic (exact) mass is 294 g/mol. The number of nitrogens with one attached hydrogen (secondary N) is 1. The molecule has 2 unspecified atom stereocenters. The van der Waals surface area contributed by atoms with Crippen molar-refractivity contribution in [2.75, 3.05) is 6.54 Å². The van der Waals surface area contributed by atoms with Gasteiger partial charge in [-0.2, -0.15) is 0 Å². The highest BCUT2D eigenvalue weighted by Crippen LogP contribution is 2.20. The number of rotatable bonds is 7. The summed E-state index contributed by atoms with van der Waals surface area (Å²) in [4.78, 5) is 12.3. The van der Waals surface area contributed by atoms with Gasteiger partial charge in [-0.1, -0.05) is 44.2 Å². The Bertz CT molecular complexity index is 422. The van der Waals surface area contributed by atoms with E-state index in [2.05, 4.69) is 31.3 Å². The fourth-order valence-corrected chi connectivity index (χ4v) is 2.53. The van der Waals surface area contributed by atoms with Crippen LogP contribution in [-0.2, 0) is 10.5 Å². The molecule has 0 aliphatic rings. The van der Waals surface area contributed by atoms with Crippen LogP contribution in [0.3, 0.4) is 0 Å². The molecule has 0 radical (unpaired) electrons. The lowest BCUT2D eigenvalue weighted by Crippen LogP contribution is -2.56. The molecule has 0 bridgehead atoms. The van der Waals surface area contributed by atoms with Crippen molar-refractivity contribution in [3.63, 3.8) is 0 Å². The van der Waals surface area contributed by atoms with Gasteiger partial charge in [0.05, 0.1) is 10.8 Å². The van der Waals surface area contributed by atoms with Gasteiger partial charge in [0.2, 0.25) is 5.91 Å². The topological polar surface area (TPSA) is 55.1 Å². The second-order valence-electron chi connectivity index (χ2n) is 5.70. The van der Waals surface area contributed by atoms with E-state index in [9.17, 15) is 4.79 Å². The van der Waals surface area contributed by atoms with Crippen LogP contribution in [0.5, 0.6) is 0 Å². The average Bonchev–Trinajstić information content (AvgIpc) is 2.45. The molecule has 2 atom stereocenters. The summed E-state index contributed by atoms with van der Waals surface area (Å²) in [5.41, 5.74) is 6.70. The van der Waals surface area contributed by atoms with Gasteiger partial charge in [0.15, 0.2) is 0 Å². The van der Waals surface area contributed by atoms with E-state index in [1.807, 2.05) is 32.0 Å². The molecule has 112 valence electrons. The predicted molar refractivity (Wildman–Crippen MR) is 87.6 cm³/mol. The summed E-state index contributed by atoms with van der Waals surface area (Å²) in [6.07, 6.45) is 0. The van der Waals surface area contributed by atoms with Crippen molar-refractivity contribution in [2.45, 2.75) is 44.2 Å². The van der Waals surface area contributed by atoms with Crippen molar-refractivity contribution in [3.8, 4) is 0 Å². The summed E-state index contributed by atoms with van der Waals surface area (Å²) in [6, 6.07) is 10.2. The lowest BCUT2D eigenvalue weighted by Gasteiger charge is -2.34. The maximum Gasteiger partial charge on any atom is 0.233 e. The number of thioether (sulfide) groups is 1. The minimum atomic E-state index is -0.335. The molecule has 1 aromatic carbocycles. The molecule has 1 amide bonds. The molecule has 0 fully saturated rings. The first kappa shape index (κ1) is 17.1. The minimum Gasteiger partial charge on any atom is -0.348 e. The van der Waals surface area contributed by atoms with E-state index in [1.165, 1.54) is 5.56 Å². The van der Waals surface area contributed by atoms with Gasteiger partial charge < -0.3 is 11.1 Å². The third-order valence-electron chi connectivity index (χ3n) is 3.82. The smallest absolute Gasteiger partial charge is 0.233 e. The Kier molecular flexibility index (Phi) is 6.56. The Morgan fingerprint density at radius 1 is 1.30 bits per heavy atom. The summed E-state index contributed by atoms with van der Waals surface area (Å²) in [6.45, 7) is 8.56. The molecule has 0 saturated heterocycles. The Morgan fingerprint density at radius 2 is 1.90 bits per heavy atom. The van der Waals surface area contributed by atoms with Crippen molar-refractivity contribution in [3.05, 3.63) is 35.9 Å². The van der Waals surface area contributed by atoms with E-state index >= 15 is 0 Å². The van der Waals surface area contributed by atoms with Crippen LogP contribution >= 0.6 is 11.8 Å². The zero-order chi connectivity index (χ0) is 15.2. The normalized spacial score (nSPS) is 15.7. The van der Waals surface area contributed by atoms with Crippen molar-refractivity contribution in [2.24, 2.45) is 11.7 Å². The Hall–Kier alpha value is -1.00. The van der Waals surface area contributed by atoms with Crippen LogP contribution in [0.15, 0.2) is 30.3 Å². The average molecular weight is 294 g/mol. The van der Waals surface area contributed by atoms with Crippen LogP contribution in [0.4, 0.5) is 0 Å². The summed E-state index contributed by atoms with van der Waals surface area (Å²) >= 11 is 1.65. The van der Waals surface area contributed by atoms with E-state index < -0.39 is 0 Å². The molecule has 1 aromatic rings. The third-order valence-corrected chi connectivity index (χ3v) is 5.03. The Morgan fingerprint density at radius 3 is 2.40 bits per heavy atom. The molecule has 0 saturated carbocycles. The number of amides is 1. The number of carbonyl (C=O) groups is 1. The molecular weight excluding hydrogens is 268 g/mol. The van der Waals surface area contributed by atoms with Gasteiger partial charge in [0.1, 0.15) is 0 Å². The fraction of sp³-hybridized carbons (Fsp3) is 0.562. The standard InChI is InChI=1S/C16H26N2OS/c1-12(2)16(4,11-17)18-15(19)13(3)20-10-14-8-6-5-7-9-14/h5-9,12-13H,10-11,17H2,1-4H3,(H,18,19). The maximum absolute atomic E-state index is 12.3. The number of hydrogen-bond donors (Lipinski definition) is 2. The molecular formula is C16H26N2OS. The summed E-state index contributed by atoms with van der Waals surface area (Å²) < 4.78 is 0. The summed E-state index contributed by atoms with van der Waals surface area (Å²) in [5, 5.41) is 3.01. The van der Waals surface area contributed by atoms with Crippen molar-refractivity contribution < 1.29 is 4.79 Å². The molecule has 0 spiro atoms. The highest BCUT2D eigenvalue weighted by Gasteiger charge is 2.30. The molecule has 3 nitrogen and oxygen atoms in total. The van der Waals surface area contributed by atoms with Crippen LogP contribution in [0.1, 0.15) is 33.3 Å². The zero-order valence-electron chi connectivity index (χ0n) is 12.8. The van der Waals surface area contributed by atoms with Crippen LogP contribution in [0, 0.1) is 5.92 Å². The van der Waals surface area contributed by atoms with Gasteiger partial charge in [-0.25, -0.2) is 0 Å². The highest BCUT2D eigenvalue weighted by molar-refractivity contribution is 7.99. The van der Waals surface area contributed by atoms with E-state index in [0.717, 1.165) is 5.75 Å². The van der Waals surface area contributed by atoms with Crippen LogP contribution in [0.25, 0.3) is 0 Å². The van der Waals surface area contributed by atoms with E-state index in [4.69, 9.17) is 5.73 Å². The van der Waals surface area contributed by atoms with Crippen LogP contribution in [-0.4, -0.2) is 23.2 Å². The number of nitrogens with two attached hydrogens (primary N) is 1. The SMILES string of the molecule is CC(SCc1ccccc1)C(=O)NC(C)(CN)C(C)C. The molecule has 0 heterocycles. The molecule has 0 aromatic heterocycles. The van der Waals surface area contributed by atoms with Gasteiger partial charge in [0.25, 0.3) is 0 Å². The first-order chi connectivity index (χ1) is 9.39. The van der Waals surface area contributed by atoms with E-state index in [1.54, 1.807) is 11.8 Å². The predicted octanol–water partition coefficient (Wildman–Crippen LogP) is 2.80. The molecule has 0 aliphatic carbocycles. The summed E-state index contributed by atoms with van der Waals surface area (Å²) in [7, 11) is 0. The molecule has 3 N–H and O–H groups in total. The van der Waals surface area contributed by atoms with Gasteiger partial charge in [-0.05, 0) is 25.3 Å². The minimum absolute atomic E-state index is 0.0626. The number of benzene rings is 1. The van der Waals surface area contributed by atoms with E-state index in [-0.39, 0.29) is 16.7 Å². The molecule has 0 aliphatic heterocycles. The van der Waals surface area contributed by atoms with Crippen molar-refractivity contribution in [1.29, 1.82) is 0 Å². The second-order valence-corrected chi connectivity index (χ2v) is 7.03. The summed E-state index contributed by atoms with van der Waals surface area (Å²) in [5.74, 6) is 1.21. The van der Waals surface area contributed by atoms with E-state index in [0.29, 0.717) is 12.5 Å². The lowest BCUT2D eigenvalue weighted by atomic mass is 9.88. The molecule has 20 heavy (non-hydrogen) atoms. The van der Waals surface area contributed by atoms with Gasteiger partial charge in [0, 0.05) is 12.3 Å². The third kappa shape index (κ3) is 4.84. The van der Waals surface area contributed by atoms with Crippen LogP contribution < -0.4 is 11.1 Å². The Balaban J connectivity index is 2.51. The number of hydrogen-bond acceptors (Lipinski definition) is 3. The highest BCUT2D eigenvalue weighted by atomic mass is 32.2. The zero-order valence-corrected chi connectivity index (χ0v) is 13.7. The first-order valence-electron chi connectivity index (χ1n) is 7.06. The Labute approximate surface area is 126 Å². The lowest BCUT2D eigenvalue weighted by molar-refractivity contribution is -0.122. The van der Waals surface area contributed by atoms with Crippen LogP contribution in [0.2, 0.25) is 0 Å². The van der Waals surface area contributed by atoms with Crippen molar-refractivity contribution >= 4 is 17.7 Å². The maximum atomic E-state index is 12.3. The second kappa shape index (κ2) is 7.70. The largest absolute Gasteiger partial charge is 0.348 e. The molecule has 4 heteroatoms. The first-order valence-corrected chi connectivity index (χ1v) is 8.11. The quantitative estimate of drug-likeness (QED) is 0.813. The van der Waals surface area contributed by atoms with Gasteiger partial charge >= 0.3 is 0 Å². The number of carbonyl (C=O) groups excluding carboxylic acids is 1. The van der Waals surface area contributed by atoms with Crippen molar-refractivity contribution in [1.82, 2.24) is 5.32 Å². The molecule has 1 rings (SSSR count). The van der Waals surface area contributed by atoms with Gasteiger partial charge in [-0.15, -0.1) is 11.8 Å².